The molecule has 1 unspecified atom stereocenters. The minimum atomic E-state index is -1.24. The van der Waals surface area contributed by atoms with Gasteiger partial charge >= 0.3 is 11.9 Å². The van der Waals surface area contributed by atoms with Crippen molar-refractivity contribution < 1.29 is 29.1 Å². The van der Waals surface area contributed by atoms with Gasteiger partial charge in [-0.1, -0.05) is 0 Å². The predicted molar refractivity (Wildman–Crippen MR) is 61.4 cm³/mol. The lowest BCUT2D eigenvalue weighted by molar-refractivity contribution is -0.235. The molecule has 0 spiro atoms. The predicted octanol–water partition coefficient (Wildman–Crippen LogP) is 0.581. The molecule has 0 aromatic rings. The number of ether oxygens (including phenoxy) is 1. The number of esters is 1. The van der Waals surface area contributed by atoms with E-state index in [2.05, 4.69) is 4.74 Å². The van der Waals surface area contributed by atoms with Gasteiger partial charge in [0.2, 0.25) is 6.41 Å². The summed E-state index contributed by atoms with van der Waals surface area (Å²) >= 11 is 0. The molecular weight excluding hydrogens is 242 g/mol. The number of carboxylic acids is 1. The Morgan fingerprint density at radius 2 is 1.94 bits per heavy atom. The fourth-order valence-corrected chi connectivity index (χ4v) is 1.19. The van der Waals surface area contributed by atoms with Crippen molar-refractivity contribution in [2.75, 3.05) is 7.11 Å². The molecule has 0 saturated carbocycles. The molecule has 7 nitrogen and oxygen atoms in total. The van der Waals surface area contributed by atoms with Crippen LogP contribution < -0.4 is 0 Å². The SMILES string of the molecule is COC(=O)CCC(C(=O)O)N(C=O)OC(C)(C)C. The van der Waals surface area contributed by atoms with Crippen LogP contribution in [0.1, 0.15) is 33.6 Å². The molecule has 1 atom stereocenters. The van der Waals surface area contributed by atoms with Crippen molar-refractivity contribution >= 4 is 18.3 Å². The van der Waals surface area contributed by atoms with Crippen LogP contribution in [0.15, 0.2) is 0 Å². The number of amides is 1. The number of carbonyl (C=O) groups excluding carboxylic acids is 2. The molecule has 0 aliphatic rings. The Morgan fingerprint density at radius 1 is 1.39 bits per heavy atom. The molecule has 0 saturated heterocycles. The van der Waals surface area contributed by atoms with Crippen molar-refractivity contribution in [3.05, 3.63) is 0 Å². The molecule has 1 amide bonds. The first-order chi connectivity index (χ1) is 8.21. The minimum Gasteiger partial charge on any atom is -0.480 e. The Balaban J connectivity index is 4.69. The van der Waals surface area contributed by atoms with Gasteiger partial charge in [0.05, 0.1) is 12.7 Å². The Hall–Kier alpha value is -1.63. The van der Waals surface area contributed by atoms with E-state index in [0.29, 0.717) is 11.5 Å². The number of carbonyl (C=O) groups is 3. The van der Waals surface area contributed by atoms with Gasteiger partial charge in [0.1, 0.15) is 0 Å². The third-order valence-electron chi connectivity index (χ3n) is 1.92. The third-order valence-corrected chi connectivity index (χ3v) is 1.92. The zero-order chi connectivity index (χ0) is 14.3. The molecule has 7 heteroatoms. The second-order valence-corrected chi connectivity index (χ2v) is 4.64. The van der Waals surface area contributed by atoms with Crippen LogP contribution in [0.2, 0.25) is 0 Å². The molecule has 0 aliphatic heterocycles. The van der Waals surface area contributed by atoms with E-state index >= 15 is 0 Å². The van der Waals surface area contributed by atoms with Crippen molar-refractivity contribution in [1.29, 1.82) is 0 Å². The van der Waals surface area contributed by atoms with Gasteiger partial charge in [-0.3, -0.25) is 14.4 Å². The van der Waals surface area contributed by atoms with Crippen LogP contribution in [-0.4, -0.2) is 47.3 Å². The highest BCUT2D eigenvalue weighted by Gasteiger charge is 2.29. The Kier molecular flexibility index (Phi) is 6.32. The van der Waals surface area contributed by atoms with Crippen LogP contribution in [0.25, 0.3) is 0 Å². The molecule has 0 bridgehead atoms. The average molecular weight is 261 g/mol. The molecule has 0 fully saturated rings. The van der Waals surface area contributed by atoms with Gasteiger partial charge in [-0.25, -0.2) is 9.86 Å². The fraction of sp³-hybridized carbons (Fsp3) is 0.727. The zero-order valence-corrected chi connectivity index (χ0v) is 11.0. The number of nitrogens with zero attached hydrogens (tertiary/aromatic N) is 1. The summed E-state index contributed by atoms with van der Waals surface area (Å²) in [6, 6.07) is -1.22. The summed E-state index contributed by atoms with van der Waals surface area (Å²) in [7, 11) is 1.21. The summed E-state index contributed by atoms with van der Waals surface area (Å²) in [5.74, 6) is -1.78. The van der Waals surface area contributed by atoms with Crippen molar-refractivity contribution in [3.8, 4) is 0 Å². The lowest BCUT2D eigenvalue weighted by atomic mass is 10.1. The largest absolute Gasteiger partial charge is 0.480 e. The number of carboxylic acid groups (broad SMARTS) is 1. The Morgan fingerprint density at radius 3 is 2.28 bits per heavy atom. The lowest BCUT2D eigenvalue weighted by Crippen LogP contribution is -2.44. The third kappa shape index (κ3) is 6.19. The van der Waals surface area contributed by atoms with Gasteiger partial charge < -0.3 is 9.84 Å². The quantitative estimate of drug-likeness (QED) is 0.409. The van der Waals surface area contributed by atoms with Crippen LogP contribution in [0.4, 0.5) is 0 Å². The Labute approximate surface area is 106 Å². The monoisotopic (exact) mass is 261 g/mol. The van der Waals surface area contributed by atoms with Crippen molar-refractivity contribution in [2.45, 2.75) is 45.3 Å². The maximum absolute atomic E-state index is 11.1. The van der Waals surface area contributed by atoms with Gasteiger partial charge in [-0.2, -0.15) is 0 Å². The van der Waals surface area contributed by atoms with Gasteiger partial charge in [0.15, 0.2) is 6.04 Å². The number of aliphatic carboxylic acids is 1. The van der Waals surface area contributed by atoms with Crippen molar-refractivity contribution in [2.24, 2.45) is 0 Å². The first kappa shape index (κ1) is 16.4. The molecule has 0 radical (unpaired) electrons. The van der Waals surface area contributed by atoms with Crippen LogP contribution in [0, 0.1) is 0 Å². The van der Waals surface area contributed by atoms with Gasteiger partial charge in [0, 0.05) is 6.42 Å². The summed E-state index contributed by atoms with van der Waals surface area (Å²) in [6.45, 7) is 5.05. The van der Waals surface area contributed by atoms with Crippen LogP contribution in [0.5, 0.6) is 0 Å². The van der Waals surface area contributed by atoms with E-state index < -0.39 is 23.6 Å². The number of hydrogen-bond donors (Lipinski definition) is 1. The second kappa shape index (κ2) is 6.95. The standard InChI is InChI=1S/C11H19NO6/c1-11(2,3)18-12(7-13)8(10(15)16)5-6-9(14)17-4/h7-8H,5-6H2,1-4H3,(H,15,16). The van der Waals surface area contributed by atoms with E-state index in [9.17, 15) is 14.4 Å². The second-order valence-electron chi connectivity index (χ2n) is 4.64. The number of rotatable bonds is 7. The molecule has 0 aliphatic carbocycles. The van der Waals surface area contributed by atoms with Crippen molar-refractivity contribution in [3.63, 3.8) is 0 Å². The zero-order valence-electron chi connectivity index (χ0n) is 11.0. The van der Waals surface area contributed by atoms with E-state index in [4.69, 9.17) is 9.94 Å². The van der Waals surface area contributed by atoms with Crippen molar-refractivity contribution in [1.82, 2.24) is 5.06 Å². The highest BCUT2D eigenvalue weighted by atomic mass is 16.7. The first-order valence-electron chi connectivity index (χ1n) is 5.43. The van der Waals surface area contributed by atoms with Crippen LogP contribution in [-0.2, 0) is 24.0 Å². The maximum atomic E-state index is 11.1. The van der Waals surface area contributed by atoms with E-state index in [0.717, 1.165) is 0 Å². The fourth-order valence-electron chi connectivity index (χ4n) is 1.19. The molecule has 1 N–H and O–H groups in total. The average Bonchev–Trinajstić information content (AvgIpc) is 2.25. The summed E-state index contributed by atoms with van der Waals surface area (Å²) in [5.41, 5.74) is -0.708. The van der Waals surface area contributed by atoms with Crippen LogP contribution in [0.3, 0.4) is 0 Å². The number of hydroxylamine groups is 2. The van der Waals surface area contributed by atoms with Gasteiger partial charge in [-0.05, 0) is 27.2 Å². The molecule has 104 valence electrons. The van der Waals surface area contributed by atoms with Gasteiger partial charge in [-0.15, -0.1) is 0 Å². The maximum Gasteiger partial charge on any atom is 0.329 e. The molecule has 0 aromatic carbocycles. The smallest absolute Gasteiger partial charge is 0.329 e. The number of hydrogen-bond acceptors (Lipinski definition) is 5. The highest BCUT2D eigenvalue weighted by Crippen LogP contribution is 2.15. The first-order valence-corrected chi connectivity index (χ1v) is 5.43. The molecule has 18 heavy (non-hydrogen) atoms. The Bertz CT molecular complexity index is 309. The minimum absolute atomic E-state index is 0.0726. The van der Waals surface area contributed by atoms with E-state index in [1.807, 2.05) is 0 Å². The highest BCUT2D eigenvalue weighted by molar-refractivity contribution is 5.77. The van der Waals surface area contributed by atoms with E-state index in [1.54, 1.807) is 20.8 Å². The summed E-state index contributed by atoms with van der Waals surface area (Å²) in [4.78, 5) is 38.1. The van der Waals surface area contributed by atoms with Gasteiger partial charge in [0.25, 0.3) is 0 Å². The summed E-state index contributed by atoms with van der Waals surface area (Å²) in [6.07, 6.45) is 0.115. The molecule has 0 rings (SSSR count). The molecule has 0 heterocycles. The van der Waals surface area contributed by atoms with E-state index in [1.165, 1.54) is 7.11 Å². The van der Waals surface area contributed by atoms with Crippen LogP contribution >= 0.6 is 0 Å². The summed E-state index contributed by atoms with van der Waals surface area (Å²) in [5, 5.41) is 9.74. The lowest BCUT2D eigenvalue weighted by Gasteiger charge is -2.30. The molecule has 0 aromatic heterocycles. The van der Waals surface area contributed by atoms with E-state index in [-0.39, 0.29) is 12.8 Å². The summed E-state index contributed by atoms with van der Waals surface area (Å²) < 4.78 is 4.42. The topological polar surface area (TPSA) is 93.1 Å². The number of methoxy groups -OCH3 is 1. The normalized spacial score (nSPS) is 12.7. The molecular formula is C11H19NO6.